The second kappa shape index (κ2) is 7.10. The van der Waals surface area contributed by atoms with Gasteiger partial charge in [0.15, 0.2) is 10.9 Å². The summed E-state index contributed by atoms with van der Waals surface area (Å²) in [6.45, 7) is 1.89. The number of halogens is 1. The van der Waals surface area contributed by atoms with Crippen LogP contribution in [-0.2, 0) is 0 Å². The molecule has 116 valence electrons. The van der Waals surface area contributed by atoms with Gasteiger partial charge >= 0.3 is 0 Å². The zero-order valence-corrected chi connectivity index (χ0v) is 14.8. The average molecular weight is 388 g/mol. The number of ketones is 1. The highest BCUT2D eigenvalue weighted by atomic mass is 79.9. The summed E-state index contributed by atoms with van der Waals surface area (Å²) in [5.41, 5.74) is 1.67. The average Bonchev–Trinajstić information content (AvgIpc) is 3.04. The summed E-state index contributed by atoms with van der Waals surface area (Å²) >= 11 is 4.78. The first-order valence-electron chi connectivity index (χ1n) is 7.07. The zero-order valence-electron chi connectivity index (χ0n) is 12.4. The minimum Gasteiger partial charge on any atom is -0.293 e. The summed E-state index contributed by atoms with van der Waals surface area (Å²) in [5, 5.41) is 8.56. The lowest BCUT2D eigenvalue weighted by Crippen LogP contribution is -2.14. The topological polar surface area (TPSA) is 47.8 Å². The normalized spacial score (nSPS) is 12.1. The van der Waals surface area contributed by atoms with Gasteiger partial charge in [-0.05, 0) is 31.2 Å². The minimum atomic E-state index is -0.247. The Morgan fingerprint density at radius 3 is 2.52 bits per heavy atom. The van der Waals surface area contributed by atoms with Gasteiger partial charge in [-0.25, -0.2) is 0 Å². The molecule has 0 saturated carbocycles. The van der Waals surface area contributed by atoms with E-state index >= 15 is 0 Å². The number of rotatable bonds is 5. The Labute approximate surface area is 147 Å². The van der Waals surface area contributed by atoms with Crippen molar-refractivity contribution in [3.8, 4) is 5.69 Å². The number of hydrogen-bond acceptors (Lipinski definition) is 4. The maximum absolute atomic E-state index is 12.5. The van der Waals surface area contributed by atoms with E-state index in [4.69, 9.17) is 0 Å². The summed E-state index contributed by atoms with van der Waals surface area (Å²) in [6, 6.07) is 17.2. The van der Waals surface area contributed by atoms with E-state index in [2.05, 4.69) is 26.1 Å². The molecule has 0 saturated heterocycles. The number of carbonyl (C=O) groups is 1. The van der Waals surface area contributed by atoms with Gasteiger partial charge in [-0.3, -0.25) is 9.36 Å². The third kappa shape index (κ3) is 3.71. The van der Waals surface area contributed by atoms with Crippen molar-refractivity contribution in [1.82, 2.24) is 14.8 Å². The highest BCUT2D eigenvalue weighted by Gasteiger charge is 2.19. The first-order valence-corrected chi connectivity index (χ1v) is 8.74. The van der Waals surface area contributed by atoms with Crippen molar-refractivity contribution < 1.29 is 4.79 Å². The predicted octanol–water partition coefficient (Wildman–Crippen LogP) is 4.39. The Hall–Kier alpha value is -1.92. The van der Waals surface area contributed by atoms with Gasteiger partial charge in [0.25, 0.3) is 0 Å². The van der Waals surface area contributed by atoms with Crippen LogP contribution in [0.2, 0.25) is 0 Å². The molecule has 1 aromatic heterocycles. The van der Waals surface area contributed by atoms with Crippen LogP contribution < -0.4 is 0 Å². The quantitative estimate of drug-likeness (QED) is 0.480. The Morgan fingerprint density at radius 1 is 1.13 bits per heavy atom. The SMILES string of the molecule is C[C@@H](Sc1nncn1-c1ccccc1)C(=O)c1ccc(Br)cc1. The number of thioether (sulfide) groups is 1. The van der Waals surface area contributed by atoms with Gasteiger partial charge in [0.1, 0.15) is 6.33 Å². The zero-order chi connectivity index (χ0) is 16.2. The molecule has 0 bridgehead atoms. The fourth-order valence-electron chi connectivity index (χ4n) is 2.13. The minimum absolute atomic E-state index is 0.0742. The summed E-state index contributed by atoms with van der Waals surface area (Å²) in [5.74, 6) is 0.0742. The molecule has 0 amide bonds. The number of Topliss-reactive ketones (excluding diaryl/α,β-unsaturated/α-hetero) is 1. The molecule has 0 spiro atoms. The number of hydrogen-bond donors (Lipinski definition) is 0. The molecule has 3 aromatic rings. The second-order valence-corrected chi connectivity index (χ2v) is 7.17. The molecular formula is C17H14BrN3OS. The first-order chi connectivity index (χ1) is 11.1. The fraction of sp³-hybridized carbons (Fsp3) is 0.118. The van der Waals surface area contributed by atoms with Gasteiger partial charge in [-0.1, -0.05) is 58.0 Å². The Bertz CT molecular complexity index is 802. The third-order valence-electron chi connectivity index (χ3n) is 3.33. The lowest BCUT2D eigenvalue weighted by Gasteiger charge is -2.11. The van der Waals surface area contributed by atoms with E-state index in [-0.39, 0.29) is 11.0 Å². The molecule has 0 N–H and O–H groups in total. The Morgan fingerprint density at radius 2 is 1.83 bits per heavy atom. The van der Waals surface area contributed by atoms with E-state index < -0.39 is 0 Å². The molecular weight excluding hydrogens is 374 g/mol. The van der Waals surface area contributed by atoms with Gasteiger partial charge in [0, 0.05) is 15.7 Å². The van der Waals surface area contributed by atoms with Crippen molar-refractivity contribution in [3.05, 3.63) is 71.0 Å². The lowest BCUT2D eigenvalue weighted by molar-refractivity contribution is 0.0994. The van der Waals surface area contributed by atoms with Crippen LogP contribution in [0, 0.1) is 0 Å². The van der Waals surface area contributed by atoms with Crippen LogP contribution in [0.3, 0.4) is 0 Å². The summed E-state index contributed by atoms with van der Waals surface area (Å²) < 4.78 is 2.84. The third-order valence-corrected chi connectivity index (χ3v) is 4.92. The van der Waals surface area contributed by atoms with E-state index in [0.29, 0.717) is 10.7 Å². The Kier molecular flexibility index (Phi) is 4.93. The van der Waals surface area contributed by atoms with E-state index in [1.165, 1.54) is 11.8 Å². The van der Waals surface area contributed by atoms with Gasteiger partial charge in [-0.2, -0.15) is 0 Å². The monoisotopic (exact) mass is 387 g/mol. The second-order valence-electron chi connectivity index (χ2n) is 4.95. The van der Waals surface area contributed by atoms with E-state index in [1.54, 1.807) is 6.33 Å². The Balaban J connectivity index is 1.79. The fourth-order valence-corrected chi connectivity index (χ4v) is 3.32. The van der Waals surface area contributed by atoms with Crippen LogP contribution in [0.1, 0.15) is 17.3 Å². The van der Waals surface area contributed by atoms with Gasteiger partial charge in [-0.15, -0.1) is 10.2 Å². The van der Waals surface area contributed by atoms with E-state index in [9.17, 15) is 4.79 Å². The molecule has 4 nitrogen and oxygen atoms in total. The molecule has 0 aliphatic rings. The van der Waals surface area contributed by atoms with Crippen molar-refractivity contribution in [2.45, 2.75) is 17.3 Å². The van der Waals surface area contributed by atoms with E-state index in [1.807, 2.05) is 66.1 Å². The molecule has 0 unspecified atom stereocenters. The molecule has 0 radical (unpaired) electrons. The number of benzene rings is 2. The van der Waals surface area contributed by atoms with Crippen LogP contribution in [0.15, 0.2) is 70.6 Å². The molecule has 1 atom stereocenters. The van der Waals surface area contributed by atoms with Gasteiger partial charge < -0.3 is 0 Å². The smallest absolute Gasteiger partial charge is 0.196 e. The number of aromatic nitrogens is 3. The van der Waals surface area contributed by atoms with Crippen molar-refractivity contribution >= 4 is 33.5 Å². The largest absolute Gasteiger partial charge is 0.293 e. The van der Waals surface area contributed by atoms with Gasteiger partial charge in [0.05, 0.1) is 5.25 Å². The number of para-hydroxylation sites is 1. The molecule has 0 aliphatic carbocycles. The van der Waals surface area contributed by atoms with Crippen LogP contribution in [-0.4, -0.2) is 25.8 Å². The lowest BCUT2D eigenvalue weighted by atomic mass is 10.1. The molecule has 23 heavy (non-hydrogen) atoms. The standard InChI is InChI=1S/C17H14BrN3OS/c1-12(16(22)13-7-9-14(18)10-8-13)23-17-20-19-11-21(17)15-5-3-2-4-6-15/h2-12H,1H3/t12-/m1/s1. The summed E-state index contributed by atoms with van der Waals surface area (Å²) in [7, 11) is 0. The molecule has 2 aromatic carbocycles. The van der Waals surface area contributed by atoms with Crippen molar-refractivity contribution in [1.29, 1.82) is 0 Å². The number of carbonyl (C=O) groups excluding carboxylic acids is 1. The van der Waals surface area contributed by atoms with Crippen molar-refractivity contribution in [3.63, 3.8) is 0 Å². The van der Waals surface area contributed by atoms with Crippen molar-refractivity contribution in [2.24, 2.45) is 0 Å². The predicted molar refractivity (Wildman–Crippen MR) is 95.2 cm³/mol. The highest BCUT2D eigenvalue weighted by molar-refractivity contribution is 9.10. The van der Waals surface area contributed by atoms with Gasteiger partial charge in [0.2, 0.25) is 0 Å². The summed E-state index contributed by atoms with van der Waals surface area (Å²) in [4.78, 5) is 12.5. The first kappa shape index (κ1) is 16.0. The molecule has 0 fully saturated rings. The van der Waals surface area contributed by atoms with Crippen molar-refractivity contribution in [2.75, 3.05) is 0 Å². The molecule has 0 aliphatic heterocycles. The summed E-state index contributed by atoms with van der Waals surface area (Å²) in [6.07, 6.45) is 1.66. The van der Waals surface area contributed by atoms with Crippen LogP contribution in [0.5, 0.6) is 0 Å². The van der Waals surface area contributed by atoms with Crippen LogP contribution >= 0.6 is 27.7 Å². The molecule has 1 heterocycles. The highest BCUT2D eigenvalue weighted by Crippen LogP contribution is 2.26. The van der Waals surface area contributed by atoms with Crippen LogP contribution in [0.25, 0.3) is 5.69 Å². The number of nitrogens with zero attached hydrogens (tertiary/aromatic N) is 3. The van der Waals surface area contributed by atoms with E-state index in [0.717, 1.165) is 10.2 Å². The maximum atomic E-state index is 12.5. The molecule has 3 rings (SSSR count). The van der Waals surface area contributed by atoms with Crippen LogP contribution in [0.4, 0.5) is 0 Å². The molecule has 6 heteroatoms. The maximum Gasteiger partial charge on any atom is 0.196 e.